The highest BCUT2D eigenvalue weighted by atomic mass is 32.1. The molecular weight excluding hydrogens is 514 g/mol. The first-order valence-electron chi connectivity index (χ1n) is 13.4. The Bertz CT molecular complexity index is 1620. The lowest BCUT2D eigenvalue weighted by molar-refractivity contribution is 0.0224. The van der Waals surface area contributed by atoms with Gasteiger partial charge >= 0.3 is 6.09 Å². The Kier molecular flexibility index (Phi) is 6.21. The third-order valence-electron chi connectivity index (χ3n) is 6.89. The lowest BCUT2D eigenvalue weighted by Gasteiger charge is -2.31. The van der Waals surface area contributed by atoms with E-state index in [2.05, 4.69) is 16.4 Å². The van der Waals surface area contributed by atoms with Crippen molar-refractivity contribution < 1.29 is 9.53 Å². The number of benzene rings is 1. The third kappa shape index (κ3) is 5.03. The van der Waals surface area contributed by atoms with Crippen molar-refractivity contribution in [3.8, 4) is 5.82 Å². The molecule has 2 aliphatic rings. The second kappa shape index (κ2) is 9.48. The zero-order valence-corrected chi connectivity index (χ0v) is 23.7. The summed E-state index contributed by atoms with van der Waals surface area (Å²) < 4.78 is 9.07. The van der Waals surface area contributed by atoms with Gasteiger partial charge in [-0.1, -0.05) is 6.07 Å². The highest BCUT2D eigenvalue weighted by Gasteiger charge is 2.29. The van der Waals surface area contributed by atoms with E-state index in [4.69, 9.17) is 14.7 Å². The van der Waals surface area contributed by atoms with E-state index in [1.54, 1.807) is 27.1 Å². The van der Waals surface area contributed by atoms with Crippen LogP contribution < -0.4 is 10.9 Å². The summed E-state index contributed by atoms with van der Waals surface area (Å²) in [6.07, 6.45) is 4.38. The van der Waals surface area contributed by atoms with Gasteiger partial charge < -0.3 is 15.0 Å². The van der Waals surface area contributed by atoms with Gasteiger partial charge in [0.1, 0.15) is 11.0 Å². The average Bonchev–Trinajstić information content (AvgIpc) is 3.54. The van der Waals surface area contributed by atoms with Gasteiger partial charge in [-0.2, -0.15) is 4.98 Å². The molecule has 1 amide bonds. The number of thiazole rings is 1. The number of hydrogen-bond acceptors (Lipinski definition) is 8. The molecule has 0 spiro atoms. The average molecular weight is 548 g/mol. The summed E-state index contributed by atoms with van der Waals surface area (Å²) in [5.41, 5.74) is 2.99. The van der Waals surface area contributed by atoms with Crippen LogP contribution in [0, 0.1) is 0 Å². The Morgan fingerprint density at radius 1 is 1.18 bits per heavy atom. The molecule has 0 unspecified atom stereocenters. The smallest absolute Gasteiger partial charge is 0.410 e. The Labute approximate surface area is 230 Å². The van der Waals surface area contributed by atoms with E-state index in [-0.39, 0.29) is 17.7 Å². The van der Waals surface area contributed by atoms with Crippen molar-refractivity contribution in [1.82, 2.24) is 29.2 Å². The fourth-order valence-electron chi connectivity index (χ4n) is 4.88. The molecule has 1 fully saturated rings. The fourth-order valence-corrected chi connectivity index (χ4v) is 5.84. The van der Waals surface area contributed by atoms with Crippen molar-refractivity contribution in [3.05, 3.63) is 56.3 Å². The SMILES string of the molecule is CC(C)n1c(=O)c2cnc(Nc3ccc4c(c3)CCN(C(=O)OC(C)(C)C)C4)nc2n1-c1csc(C2CC2)n1. The number of fused-ring (bicyclic) bond motifs is 2. The third-order valence-corrected chi connectivity index (χ3v) is 7.89. The first kappa shape index (κ1) is 25.5. The van der Waals surface area contributed by atoms with Gasteiger partial charge in [0.15, 0.2) is 11.5 Å². The predicted octanol–water partition coefficient (Wildman–Crippen LogP) is 5.53. The molecule has 6 rings (SSSR count). The van der Waals surface area contributed by atoms with Crippen LogP contribution in [0.1, 0.15) is 75.6 Å². The number of rotatable bonds is 5. The standard InChI is InChI=1S/C28H33N7O3S/c1-16(2)34-25(36)21-13-29-26(32-23(21)35(34)22-15-39-24(31-22)17-6-7-17)30-20-9-8-19-14-33(11-10-18(19)12-20)27(37)38-28(3,4)5/h8-9,12-13,15-17H,6-7,10-11,14H2,1-5H3,(H,29,30,32). The highest BCUT2D eigenvalue weighted by Crippen LogP contribution is 2.42. The van der Waals surface area contributed by atoms with Gasteiger partial charge in [0, 0.05) is 42.3 Å². The summed E-state index contributed by atoms with van der Waals surface area (Å²) in [5.74, 6) is 1.66. The zero-order chi connectivity index (χ0) is 27.5. The van der Waals surface area contributed by atoms with Gasteiger partial charge in [0.2, 0.25) is 5.95 Å². The Hall–Kier alpha value is -3.73. The molecule has 0 bridgehead atoms. The molecule has 3 aromatic heterocycles. The summed E-state index contributed by atoms with van der Waals surface area (Å²) in [6, 6.07) is 5.98. The fraction of sp³-hybridized carbons (Fsp3) is 0.464. The minimum atomic E-state index is -0.521. The van der Waals surface area contributed by atoms with Crippen LogP contribution in [0.15, 0.2) is 34.6 Å². The molecule has 204 valence electrons. The number of nitrogens with one attached hydrogen (secondary N) is 1. The van der Waals surface area contributed by atoms with Gasteiger partial charge in [0.05, 0.1) is 5.01 Å². The predicted molar refractivity (Wildman–Crippen MR) is 151 cm³/mol. The number of carbonyl (C=O) groups is 1. The lowest BCUT2D eigenvalue weighted by Crippen LogP contribution is -2.39. The maximum Gasteiger partial charge on any atom is 0.410 e. The monoisotopic (exact) mass is 547 g/mol. The van der Waals surface area contributed by atoms with Crippen molar-refractivity contribution in [2.24, 2.45) is 0 Å². The minimum absolute atomic E-state index is 0.0740. The topological polar surface area (TPSA) is 107 Å². The quantitative estimate of drug-likeness (QED) is 0.350. The van der Waals surface area contributed by atoms with Crippen LogP contribution in [0.2, 0.25) is 0 Å². The Balaban J connectivity index is 1.28. The van der Waals surface area contributed by atoms with Crippen molar-refractivity contribution >= 4 is 40.1 Å². The van der Waals surface area contributed by atoms with Gasteiger partial charge in [-0.15, -0.1) is 11.3 Å². The van der Waals surface area contributed by atoms with Crippen LogP contribution in [0.5, 0.6) is 0 Å². The zero-order valence-electron chi connectivity index (χ0n) is 22.9. The molecular formula is C28H33N7O3S. The first-order valence-corrected chi connectivity index (χ1v) is 14.3. The molecule has 1 saturated carbocycles. The number of ether oxygens (including phenoxy) is 1. The molecule has 4 aromatic rings. The maximum atomic E-state index is 13.3. The van der Waals surface area contributed by atoms with Gasteiger partial charge in [-0.05, 0) is 77.1 Å². The van der Waals surface area contributed by atoms with Crippen molar-refractivity contribution in [2.75, 3.05) is 11.9 Å². The number of hydrogen-bond donors (Lipinski definition) is 1. The molecule has 1 aliphatic heterocycles. The number of carbonyl (C=O) groups excluding carboxylic acids is 1. The number of aromatic nitrogens is 5. The van der Waals surface area contributed by atoms with Crippen molar-refractivity contribution in [2.45, 2.75) is 78.0 Å². The van der Waals surface area contributed by atoms with E-state index in [1.807, 2.05) is 56.8 Å². The molecule has 0 radical (unpaired) electrons. The first-order chi connectivity index (χ1) is 18.6. The van der Waals surface area contributed by atoms with Crippen molar-refractivity contribution in [1.29, 1.82) is 0 Å². The molecule has 0 atom stereocenters. The molecule has 1 aliphatic carbocycles. The molecule has 1 N–H and O–H groups in total. The van der Waals surface area contributed by atoms with E-state index in [1.165, 1.54) is 18.4 Å². The Morgan fingerprint density at radius 3 is 2.69 bits per heavy atom. The van der Waals surface area contributed by atoms with Crippen LogP contribution >= 0.6 is 11.3 Å². The summed E-state index contributed by atoms with van der Waals surface area (Å²) in [6.45, 7) is 10.7. The van der Waals surface area contributed by atoms with Crippen LogP contribution in [0.25, 0.3) is 16.9 Å². The molecule has 10 nitrogen and oxygen atoms in total. The largest absolute Gasteiger partial charge is 0.444 e. The highest BCUT2D eigenvalue weighted by molar-refractivity contribution is 7.10. The lowest BCUT2D eigenvalue weighted by atomic mass is 9.99. The van der Waals surface area contributed by atoms with Crippen LogP contribution in [0.4, 0.5) is 16.4 Å². The maximum absolute atomic E-state index is 13.3. The van der Waals surface area contributed by atoms with Gasteiger partial charge in [0.25, 0.3) is 5.56 Å². The van der Waals surface area contributed by atoms with Gasteiger partial charge in [-0.3, -0.25) is 4.79 Å². The minimum Gasteiger partial charge on any atom is -0.444 e. The second-order valence-electron chi connectivity index (χ2n) is 11.6. The van der Waals surface area contributed by atoms with E-state index >= 15 is 0 Å². The number of anilines is 2. The van der Waals surface area contributed by atoms with Crippen LogP contribution in [0.3, 0.4) is 0 Å². The molecule has 11 heteroatoms. The molecule has 4 heterocycles. The second-order valence-corrected chi connectivity index (χ2v) is 12.5. The normalized spacial score (nSPS) is 15.6. The summed E-state index contributed by atoms with van der Waals surface area (Å²) in [7, 11) is 0. The molecule has 39 heavy (non-hydrogen) atoms. The van der Waals surface area contributed by atoms with E-state index < -0.39 is 5.60 Å². The van der Waals surface area contributed by atoms with Crippen LogP contribution in [-0.2, 0) is 17.7 Å². The van der Waals surface area contributed by atoms with E-state index in [0.29, 0.717) is 36.0 Å². The summed E-state index contributed by atoms with van der Waals surface area (Å²) in [4.78, 5) is 41.6. The molecule has 0 saturated heterocycles. The molecule has 1 aromatic carbocycles. The van der Waals surface area contributed by atoms with Gasteiger partial charge in [-0.25, -0.2) is 24.1 Å². The van der Waals surface area contributed by atoms with Crippen molar-refractivity contribution in [3.63, 3.8) is 0 Å². The van der Waals surface area contributed by atoms with E-state index in [9.17, 15) is 9.59 Å². The van der Waals surface area contributed by atoms with Crippen LogP contribution in [-0.4, -0.2) is 47.5 Å². The summed E-state index contributed by atoms with van der Waals surface area (Å²) in [5, 5.41) is 6.89. The summed E-state index contributed by atoms with van der Waals surface area (Å²) >= 11 is 1.64. The van der Waals surface area contributed by atoms with E-state index in [0.717, 1.165) is 28.5 Å². The Morgan fingerprint density at radius 2 is 1.97 bits per heavy atom. The number of amides is 1. The number of nitrogens with zero attached hydrogens (tertiary/aromatic N) is 6.